The fourth-order valence-electron chi connectivity index (χ4n) is 3.71. The molecule has 1 aliphatic heterocycles. The smallest absolute Gasteiger partial charge is 0.326 e. The number of hydrogen-bond donors (Lipinski definition) is 1. The number of fused-ring (bicyclic) bond motifs is 1. The van der Waals surface area contributed by atoms with Crippen molar-refractivity contribution in [1.29, 1.82) is 0 Å². The van der Waals surface area contributed by atoms with E-state index in [1.54, 1.807) is 11.0 Å². The number of nitrogens with one attached hydrogen (secondary N) is 1. The lowest BCUT2D eigenvalue weighted by molar-refractivity contribution is -0.132. The summed E-state index contributed by atoms with van der Waals surface area (Å²) in [5.41, 5.74) is 1.74. The molecule has 8 nitrogen and oxygen atoms in total. The molecular weight excluding hydrogens is 332 g/mol. The van der Waals surface area contributed by atoms with Gasteiger partial charge in [0.15, 0.2) is 0 Å². The summed E-state index contributed by atoms with van der Waals surface area (Å²) in [6, 6.07) is 7.89. The van der Waals surface area contributed by atoms with Crippen molar-refractivity contribution in [3.8, 4) is 0 Å². The van der Waals surface area contributed by atoms with E-state index in [0.29, 0.717) is 26.1 Å². The third-order valence-corrected chi connectivity index (χ3v) is 5.05. The Kier molecular flexibility index (Phi) is 4.55. The molecule has 1 aromatic carbocycles. The summed E-state index contributed by atoms with van der Waals surface area (Å²) in [4.78, 5) is 33.5. The van der Waals surface area contributed by atoms with E-state index < -0.39 is 0 Å². The SMILES string of the molecule is O=C(CCCn1cncn1)N1CCC(n2c(=O)[nH]c3ccccc32)CC1. The molecule has 0 spiro atoms. The second-order valence-corrected chi connectivity index (χ2v) is 6.69. The van der Waals surface area contributed by atoms with Crippen molar-refractivity contribution in [2.75, 3.05) is 13.1 Å². The van der Waals surface area contributed by atoms with Crippen LogP contribution in [0.3, 0.4) is 0 Å². The number of nitrogens with zero attached hydrogens (tertiary/aromatic N) is 5. The molecule has 8 heteroatoms. The summed E-state index contributed by atoms with van der Waals surface area (Å²) in [6.07, 6.45) is 6.03. The monoisotopic (exact) mass is 354 g/mol. The van der Waals surface area contributed by atoms with Gasteiger partial charge in [0.05, 0.1) is 11.0 Å². The quantitative estimate of drug-likeness (QED) is 0.753. The molecule has 1 N–H and O–H groups in total. The lowest BCUT2D eigenvalue weighted by Crippen LogP contribution is -2.40. The summed E-state index contributed by atoms with van der Waals surface area (Å²) in [6.45, 7) is 2.09. The van der Waals surface area contributed by atoms with Crippen LogP contribution in [0.5, 0.6) is 0 Å². The number of benzene rings is 1. The third kappa shape index (κ3) is 3.26. The molecule has 3 aromatic rings. The van der Waals surface area contributed by atoms with E-state index in [9.17, 15) is 9.59 Å². The van der Waals surface area contributed by atoms with Crippen LogP contribution >= 0.6 is 0 Å². The molecule has 2 aromatic heterocycles. The van der Waals surface area contributed by atoms with Gasteiger partial charge in [-0.2, -0.15) is 5.10 Å². The van der Waals surface area contributed by atoms with E-state index in [0.717, 1.165) is 30.3 Å². The first kappa shape index (κ1) is 16.6. The lowest BCUT2D eigenvalue weighted by Gasteiger charge is -2.32. The van der Waals surface area contributed by atoms with Crippen molar-refractivity contribution < 1.29 is 4.79 Å². The third-order valence-electron chi connectivity index (χ3n) is 5.05. The molecule has 0 radical (unpaired) electrons. The van der Waals surface area contributed by atoms with Crippen LogP contribution in [0.4, 0.5) is 0 Å². The highest BCUT2D eigenvalue weighted by Crippen LogP contribution is 2.25. The van der Waals surface area contributed by atoms with Gasteiger partial charge in [-0.05, 0) is 31.4 Å². The Morgan fingerprint density at radius 3 is 2.81 bits per heavy atom. The van der Waals surface area contributed by atoms with Crippen LogP contribution < -0.4 is 5.69 Å². The van der Waals surface area contributed by atoms with E-state index in [-0.39, 0.29) is 17.6 Å². The van der Waals surface area contributed by atoms with Gasteiger partial charge in [-0.15, -0.1) is 0 Å². The highest BCUT2D eigenvalue weighted by Gasteiger charge is 2.25. The molecule has 1 aliphatic rings. The van der Waals surface area contributed by atoms with E-state index in [4.69, 9.17) is 0 Å². The molecule has 3 heterocycles. The Morgan fingerprint density at radius 2 is 2.04 bits per heavy atom. The van der Waals surface area contributed by atoms with Gasteiger partial charge >= 0.3 is 5.69 Å². The van der Waals surface area contributed by atoms with Gasteiger partial charge in [0.1, 0.15) is 12.7 Å². The number of likely N-dealkylation sites (tertiary alicyclic amines) is 1. The molecule has 1 amide bonds. The number of aromatic nitrogens is 5. The maximum absolute atomic E-state index is 12.4. The standard InChI is InChI=1S/C18H22N6O2/c25-17(6-3-9-23-13-19-12-20-23)22-10-7-14(8-11-22)24-16-5-2-1-4-15(16)21-18(24)26/h1-2,4-5,12-14H,3,6-11H2,(H,21,26). The van der Waals surface area contributed by atoms with Crippen molar-refractivity contribution in [3.63, 3.8) is 0 Å². The van der Waals surface area contributed by atoms with Gasteiger partial charge in [-0.25, -0.2) is 9.78 Å². The predicted molar refractivity (Wildman–Crippen MR) is 96.7 cm³/mol. The molecule has 0 bridgehead atoms. The second kappa shape index (κ2) is 7.15. The molecule has 0 atom stereocenters. The van der Waals surface area contributed by atoms with Crippen molar-refractivity contribution in [2.45, 2.75) is 38.3 Å². The van der Waals surface area contributed by atoms with E-state index in [1.165, 1.54) is 6.33 Å². The second-order valence-electron chi connectivity index (χ2n) is 6.69. The van der Waals surface area contributed by atoms with Crippen molar-refractivity contribution in [1.82, 2.24) is 29.2 Å². The number of rotatable bonds is 5. The average molecular weight is 354 g/mol. The maximum atomic E-state index is 12.4. The summed E-state index contributed by atoms with van der Waals surface area (Å²) in [7, 11) is 0. The summed E-state index contributed by atoms with van der Waals surface area (Å²) in [5.74, 6) is 0.176. The van der Waals surface area contributed by atoms with Crippen molar-refractivity contribution >= 4 is 16.9 Å². The fraction of sp³-hybridized carbons (Fsp3) is 0.444. The summed E-state index contributed by atoms with van der Waals surface area (Å²) >= 11 is 0. The van der Waals surface area contributed by atoms with Gasteiger partial charge in [0.25, 0.3) is 0 Å². The molecular formula is C18H22N6O2. The van der Waals surface area contributed by atoms with E-state index >= 15 is 0 Å². The first-order valence-electron chi connectivity index (χ1n) is 9.02. The Labute approximate surface area is 150 Å². The van der Waals surface area contributed by atoms with Gasteiger partial charge in [0.2, 0.25) is 5.91 Å². The normalized spacial score (nSPS) is 15.6. The zero-order valence-corrected chi connectivity index (χ0v) is 14.5. The first-order chi connectivity index (χ1) is 12.7. The minimum absolute atomic E-state index is 0.0659. The first-order valence-corrected chi connectivity index (χ1v) is 9.02. The maximum Gasteiger partial charge on any atom is 0.326 e. The van der Waals surface area contributed by atoms with Crippen LogP contribution in [0.15, 0.2) is 41.7 Å². The number of aromatic amines is 1. The number of amides is 1. The number of carbonyl (C=O) groups excluding carboxylic acids is 1. The minimum atomic E-state index is -0.0659. The number of para-hydroxylation sites is 2. The molecule has 1 saturated heterocycles. The Bertz CT molecular complexity index is 934. The van der Waals surface area contributed by atoms with Crippen molar-refractivity contribution in [2.24, 2.45) is 0 Å². The molecule has 26 heavy (non-hydrogen) atoms. The van der Waals surface area contributed by atoms with Crippen LogP contribution in [-0.2, 0) is 11.3 Å². The number of aryl methyl sites for hydroxylation is 1. The number of imidazole rings is 1. The zero-order valence-electron chi connectivity index (χ0n) is 14.5. The fourth-order valence-corrected chi connectivity index (χ4v) is 3.71. The van der Waals surface area contributed by atoms with Crippen LogP contribution in [0.2, 0.25) is 0 Å². The van der Waals surface area contributed by atoms with Gasteiger partial charge in [0, 0.05) is 32.1 Å². The largest absolute Gasteiger partial charge is 0.343 e. The zero-order chi connectivity index (χ0) is 17.9. The van der Waals surface area contributed by atoms with Crippen LogP contribution in [0, 0.1) is 0 Å². The minimum Gasteiger partial charge on any atom is -0.343 e. The van der Waals surface area contributed by atoms with E-state index in [2.05, 4.69) is 15.1 Å². The van der Waals surface area contributed by atoms with Crippen LogP contribution in [0.25, 0.3) is 11.0 Å². The molecule has 0 saturated carbocycles. The highest BCUT2D eigenvalue weighted by molar-refractivity contribution is 5.76. The van der Waals surface area contributed by atoms with Gasteiger partial charge in [-0.3, -0.25) is 14.0 Å². The summed E-state index contributed by atoms with van der Waals surface area (Å²) < 4.78 is 3.59. The number of carbonyl (C=O) groups is 1. The van der Waals surface area contributed by atoms with Crippen LogP contribution in [0.1, 0.15) is 31.7 Å². The van der Waals surface area contributed by atoms with Gasteiger partial charge in [-0.1, -0.05) is 12.1 Å². The average Bonchev–Trinajstić information content (AvgIpc) is 3.28. The lowest BCUT2D eigenvalue weighted by atomic mass is 10.0. The number of piperidine rings is 1. The predicted octanol–water partition coefficient (Wildman–Crippen LogP) is 1.56. The molecule has 136 valence electrons. The number of hydrogen-bond acceptors (Lipinski definition) is 4. The van der Waals surface area contributed by atoms with Gasteiger partial charge < -0.3 is 9.88 Å². The molecule has 0 unspecified atom stereocenters. The van der Waals surface area contributed by atoms with Crippen molar-refractivity contribution in [3.05, 3.63) is 47.4 Å². The summed E-state index contributed by atoms with van der Waals surface area (Å²) in [5, 5.41) is 4.04. The number of H-pyrrole nitrogens is 1. The molecule has 4 rings (SSSR count). The Morgan fingerprint density at radius 1 is 1.23 bits per heavy atom. The Balaban J connectivity index is 1.34. The Hall–Kier alpha value is -2.90. The van der Waals surface area contributed by atoms with Crippen LogP contribution in [-0.4, -0.2) is 48.2 Å². The molecule has 1 fully saturated rings. The topological polar surface area (TPSA) is 88.8 Å². The highest BCUT2D eigenvalue weighted by atomic mass is 16.2. The van der Waals surface area contributed by atoms with E-state index in [1.807, 2.05) is 33.7 Å². The molecule has 0 aliphatic carbocycles.